The molecule has 3 heterocycles. The molecule has 10 heteroatoms. The van der Waals surface area contributed by atoms with Crippen molar-refractivity contribution >= 4 is 11.9 Å². The summed E-state index contributed by atoms with van der Waals surface area (Å²) in [6, 6.07) is 10.1. The fourth-order valence-electron chi connectivity index (χ4n) is 8.48. The number of aliphatic hydroxyl groups excluding tert-OH is 1. The molecule has 0 bridgehead atoms. The van der Waals surface area contributed by atoms with Gasteiger partial charge in [0, 0.05) is 42.3 Å². The van der Waals surface area contributed by atoms with Gasteiger partial charge in [0.1, 0.15) is 34.6 Å². The van der Waals surface area contributed by atoms with Crippen LogP contribution >= 0.6 is 0 Å². The zero-order valence-corrected chi connectivity index (χ0v) is 26.0. The van der Waals surface area contributed by atoms with Gasteiger partial charge in [0.15, 0.2) is 0 Å². The number of rotatable bonds is 5. The highest BCUT2D eigenvalue weighted by Gasteiger charge is 2.70. The van der Waals surface area contributed by atoms with Crippen molar-refractivity contribution in [3.05, 3.63) is 82.2 Å². The molecule has 0 saturated heterocycles. The molecule has 0 amide bonds. The van der Waals surface area contributed by atoms with E-state index < -0.39 is 57.9 Å². The monoisotopic (exact) mass is 619 g/mol. The van der Waals surface area contributed by atoms with Gasteiger partial charge in [-0.15, -0.1) is 0 Å². The summed E-state index contributed by atoms with van der Waals surface area (Å²) in [6.45, 7) is 9.61. The topological polar surface area (TPSA) is 125 Å². The lowest BCUT2D eigenvalue weighted by atomic mass is 9.41. The van der Waals surface area contributed by atoms with Crippen LogP contribution in [0.15, 0.2) is 64.1 Å². The van der Waals surface area contributed by atoms with Crippen molar-refractivity contribution in [3.8, 4) is 17.1 Å². The van der Waals surface area contributed by atoms with Crippen molar-refractivity contribution in [2.24, 2.45) is 28.6 Å². The summed E-state index contributed by atoms with van der Waals surface area (Å²) < 4.78 is 38.0. The van der Waals surface area contributed by atoms with Gasteiger partial charge in [-0.3, -0.25) is 9.78 Å². The molecule has 3 aliphatic rings. The van der Waals surface area contributed by atoms with Crippen LogP contribution in [0.5, 0.6) is 5.75 Å². The maximum atomic E-state index is 13.7. The van der Waals surface area contributed by atoms with Gasteiger partial charge in [-0.05, 0) is 79.8 Å². The predicted octanol–water partition coefficient (Wildman–Crippen LogP) is 5.89. The van der Waals surface area contributed by atoms with Gasteiger partial charge in [-0.25, -0.2) is 14.0 Å². The number of pyridine rings is 1. The number of carbonyl (C=O) groups excluding carboxylic acids is 2. The Balaban J connectivity index is 1.49. The van der Waals surface area contributed by atoms with Crippen LogP contribution < -0.4 is 10.4 Å². The highest BCUT2D eigenvalue weighted by molar-refractivity contribution is 5.89. The Morgan fingerprint density at radius 1 is 1.16 bits per heavy atom. The number of fused-ring (bicyclic) bond motifs is 4. The third-order valence-corrected chi connectivity index (χ3v) is 11.0. The van der Waals surface area contributed by atoms with Crippen LogP contribution in [-0.2, 0) is 14.3 Å². The van der Waals surface area contributed by atoms with Gasteiger partial charge in [0.2, 0.25) is 0 Å². The van der Waals surface area contributed by atoms with Crippen molar-refractivity contribution in [1.29, 1.82) is 0 Å². The minimum absolute atomic E-state index is 0.0101. The molecule has 2 aliphatic carbocycles. The summed E-state index contributed by atoms with van der Waals surface area (Å²) in [5, 5.41) is 12.2. The molecule has 8 atom stereocenters. The summed E-state index contributed by atoms with van der Waals surface area (Å²) in [7, 11) is 0. The standard InChI is InChI=1S/C35H38FNO8/c1-19-12-13-33(3)26(34(19,4)18-42-20(2)38)16-27(44-31(40)21-8-10-23(36)11-9-21)35(5)30(33)29(39)28-25(45-35)15-24(43-32(28)41)22-7-6-14-37-17-22/h6-11,14-15,17,19,26-27,29-30,39H,12-13,16,18H2,1-5H3/t19-,26?,27-,29?,30?,33-,34-,35+/m0/s1. The first-order chi connectivity index (χ1) is 21.3. The van der Waals surface area contributed by atoms with E-state index in [1.807, 2.05) is 6.92 Å². The zero-order valence-electron chi connectivity index (χ0n) is 26.0. The Hall–Kier alpha value is -4.05. The average molecular weight is 620 g/mol. The minimum atomic E-state index is -1.32. The molecule has 6 rings (SSSR count). The normalized spacial score (nSPS) is 33.5. The number of esters is 2. The fraction of sp³-hybridized carbons (Fsp3) is 0.486. The first-order valence-electron chi connectivity index (χ1n) is 15.3. The average Bonchev–Trinajstić information content (AvgIpc) is 2.99. The van der Waals surface area contributed by atoms with E-state index in [0.29, 0.717) is 18.4 Å². The molecule has 0 radical (unpaired) electrons. The SMILES string of the molecule is CC(=O)OC[C@]1(C)C2C[C@H](OC(=O)c3ccc(F)cc3)[C@@]3(C)Oc4cc(-c5cccnc5)oc(=O)c4C(O)C3[C@@]2(C)CC[C@@H]1C. The Bertz CT molecular complexity index is 1680. The first-order valence-corrected chi connectivity index (χ1v) is 15.3. The van der Waals surface area contributed by atoms with Crippen molar-refractivity contribution in [2.75, 3.05) is 6.61 Å². The molecule has 0 spiro atoms. The Labute approximate surface area is 260 Å². The summed E-state index contributed by atoms with van der Waals surface area (Å²) in [4.78, 5) is 43.2. The van der Waals surface area contributed by atoms with Crippen LogP contribution in [0.2, 0.25) is 0 Å². The van der Waals surface area contributed by atoms with E-state index in [1.165, 1.54) is 31.2 Å². The highest BCUT2D eigenvalue weighted by atomic mass is 19.1. The molecular formula is C35H38FNO8. The van der Waals surface area contributed by atoms with Crippen LogP contribution in [0.25, 0.3) is 11.3 Å². The van der Waals surface area contributed by atoms with Gasteiger partial charge < -0.3 is 23.7 Å². The predicted molar refractivity (Wildman–Crippen MR) is 161 cm³/mol. The Morgan fingerprint density at radius 3 is 2.56 bits per heavy atom. The molecule has 3 aromatic rings. The van der Waals surface area contributed by atoms with Crippen LogP contribution in [0, 0.1) is 34.4 Å². The number of aliphatic hydroxyl groups is 1. The summed E-state index contributed by atoms with van der Waals surface area (Å²) in [6.07, 6.45) is 2.78. The largest absolute Gasteiger partial charge is 0.482 e. The maximum Gasteiger partial charge on any atom is 0.345 e. The number of benzene rings is 1. The highest BCUT2D eigenvalue weighted by Crippen LogP contribution is 2.68. The lowest BCUT2D eigenvalue weighted by Crippen LogP contribution is -2.70. The molecule has 2 fully saturated rings. The van der Waals surface area contributed by atoms with E-state index >= 15 is 0 Å². The van der Waals surface area contributed by atoms with Crippen molar-refractivity contribution in [2.45, 2.75) is 71.7 Å². The summed E-state index contributed by atoms with van der Waals surface area (Å²) in [5.41, 5.74) is -2.44. The van der Waals surface area contributed by atoms with Crippen LogP contribution in [-0.4, -0.2) is 40.3 Å². The van der Waals surface area contributed by atoms with E-state index in [-0.39, 0.29) is 41.1 Å². The quantitative estimate of drug-likeness (QED) is 0.348. The molecule has 238 valence electrons. The summed E-state index contributed by atoms with van der Waals surface area (Å²) in [5.74, 6) is -1.96. The van der Waals surface area contributed by atoms with Crippen molar-refractivity contribution in [3.63, 3.8) is 0 Å². The second-order valence-electron chi connectivity index (χ2n) is 13.5. The van der Waals surface area contributed by atoms with Crippen LogP contribution in [0.3, 0.4) is 0 Å². The Morgan fingerprint density at radius 2 is 1.89 bits per heavy atom. The number of aromatic nitrogens is 1. The van der Waals surface area contributed by atoms with E-state index in [1.54, 1.807) is 30.6 Å². The molecular weight excluding hydrogens is 581 g/mol. The van der Waals surface area contributed by atoms with E-state index in [2.05, 4.69) is 25.8 Å². The zero-order chi connectivity index (χ0) is 32.3. The van der Waals surface area contributed by atoms with Gasteiger partial charge in [0.25, 0.3) is 0 Å². The lowest BCUT2D eigenvalue weighted by Gasteiger charge is -2.66. The number of hydrogen-bond donors (Lipinski definition) is 1. The second kappa shape index (κ2) is 11.1. The van der Waals surface area contributed by atoms with Gasteiger partial charge in [-0.2, -0.15) is 0 Å². The first kappa shape index (κ1) is 31.0. The molecule has 3 unspecified atom stereocenters. The van der Waals surface area contributed by atoms with Gasteiger partial charge in [0.05, 0.1) is 18.3 Å². The molecule has 45 heavy (non-hydrogen) atoms. The third kappa shape index (κ3) is 5.03. The third-order valence-electron chi connectivity index (χ3n) is 11.0. The van der Waals surface area contributed by atoms with Gasteiger partial charge >= 0.3 is 17.6 Å². The molecule has 1 aliphatic heterocycles. The molecule has 2 aromatic heterocycles. The maximum absolute atomic E-state index is 13.7. The van der Waals surface area contributed by atoms with E-state index in [0.717, 1.165) is 6.42 Å². The minimum Gasteiger partial charge on any atom is -0.482 e. The fourth-order valence-corrected chi connectivity index (χ4v) is 8.48. The van der Waals surface area contributed by atoms with E-state index in [9.17, 15) is 23.9 Å². The van der Waals surface area contributed by atoms with Crippen LogP contribution in [0.4, 0.5) is 4.39 Å². The van der Waals surface area contributed by atoms with Crippen molar-refractivity contribution in [1.82, 2.24) is 4.98 Å². The smallest absolute Gasteiger partial charge is 0.345 e. The van der Waals surface area contributed by atoms with Gasteiger partial charge in [-0.1, -0.05) is 20.8 Å². The number of ether oxygens (including phenoxy) is 3. The number of hydrogen-bond acceptors (Lipinski definition) is 9. The number of halogens is 1. The number of carbonyl (C=O) groups is 2. The van der Waals surface area contributed by atoms with Crippen molar-refractivity contribution < 1.29 is 37.7 Å². The molecule has 1 aromatic carbocycles. The lowest BCUT2D eigenvalue weighted by molar-refractivity contribution is -0.257. The Kier molecular flexibility index (Phi) is 7.62. The number of nitrogens with zero attached hydrogens (tertiary/aromatic N) is 1. The van der Waals surface area contributed by atoms with Crippen LogP contribution in [0.1, 0.15) is 75.9 Å². The second-order valence-corrected chi connectivity index (χ2v) is 13.5. The summed E-state index contributed by atoms with van der Waals surface area (Å²) >= 11 is 0. The molecule has 9 nitrogen and oxygen atoms in total. The van der Waals surface area contributed by atoms with E-state index in [4.69, 9.17) is 18.6 Å². The molecule has 2 saturated carbocycles. The molecule has 1 N–H and O–H groups in total.